The average Bonchev–Trinajstić information content (AvgIpc) is 3.17. The molecule has 26 heavy (non-hydrogen) atoms. The topological polar surface area (TPSA) is 70.1 Å². The van der Waals surface area contributed by atoms with Crippen molar-refractivity contribution < 1.29 is 8.78 Å². The second-order valence-electron chi connectivity index (χ2n) is 5.85. The maximum Gasteiger partial charge on any atom is 0.335 e. The Labute approximate surface area is 149 Å². The predicted octanol–water partition coefficient (Wildman–Crippen LogP) is 3.22. The van der Waals surface area contributed by atoms with E-state index >= 15 is 0 Å². The van der Waals surface area contributed by atoms with Crippen molar-refractivity contribution >= 4 is 5.71 Å². The van der Waals surface area contributed by atoms with Crippen LogP contribution in [0, 0.1) is 0 Å². The first kappa shape index (κ1) is 17.7. The van der Waals surface area contributed by atoms with Gasteiger partial charge in [-0.1, -0.05) is 55.1 Å². The fourth-order valence-corrected chi connectivity index (χ4v) is 2.45. The molecule has 3 rings (SSSR count). The molecule has 0 saturated heterocycles. The highest BCUT2D eigenvalue weighted by Crippen LogP contribution is 2.34. The van der Waals surface area contributed by atoms with Gasteiger partial charge in [-0.15, -0.1) is 10.2 Å². The van der Waals surface area contributed by atoms with Gasteiger partial charge in [0, 0.05) is 5.57 Å². The summed E-state index contributed by atoms with van der Waals surface area (Å²) in [5, 5.41) is 18.4. The Kier molecular flexibility index (Phi) is 5.01. The van der Waals surface area contributed by atoms with E-state index < -0.39 is 11.7 Å². The standard InChI is InChI=1S/C18H18F2N6/c1-13-8-9-16(18(19,20)17-21-24-25-22-17)10-11-26(23-14(13)2)12-15-6-4-3-5-7-15/h3-10H,1,11-12H2,2H3,(H,21,22,24,25)/b9-8-,16-10+,23-14?. The Morgan fingerprint density at radius 2 is 2.00 bits per heavy atom. The molecule has 6 nitrogen and oxygen atoms in total. The molecule has 0 radical (unpaired) electrons. The number of hydrogen-bond acceptors (Lipinski definition) is 5. The Hall–Kier alpha value is -3.16. The summed E-state index contributed by atoms with van der Waals surface area (Å²) in [7, 11) is 0. The first-order valence-electron chi connectivity index (χ1n) is 8.00. The van der Waals surface area contributed by atoms with Crippen LogP contribution >= 0.6 is 0 Å². The normalized spacial score (nSPS) is 19.0. The zero-order valence-corrected chi connectivity index (χ0v) is 14.2. The number of nitrogens with one attached hydrogen (secondary N) is 1. The minimum Gasteiger partial charge on any atom is -0.289 e. The van der Waals surface area contributed by atoms with Gasteiger partial charge in [-0.2, -0.15) is 19.1 Å². The van der Waals surface area contributed by atoms with Crippen LogP contribution in [0.4, 0.5) is 8.78 Å². The molecule has 0 saturated carbocycles. The fraction of sp³-hybridized carbons (Fsp3) is 0.222. The second kappa shape index (κ2) is 7.38. The first-order valence-corrected chi connectivity index (χ1v) is 8.00. The minimum absolute atomic E-state index is 0.201. The quantitative estimate of drug-likeness (QED) is 0.913. The molecule has 1 aromatic carbocycles. The maximum absolute atomic E-state index is 14.7. The van der Waals surface area contributed by atoms with Gasteiger partial charge >= 0.3 is 5.92 Å². The van der Waals surface area contributed by atoms with Gasteiger partial charge in [0.1, 0.15) is 0 Å². The fourth-order valence-electron chi connectivity index (χ4n) is 2.45. The van der Waals surface area contributed by atoms with E-state index in [1.807, 2.05) is 30.3 Å². The van der Waals surface area contributed by atoms with Crippen molar-refractivity contribution in [3.8, 4) is 0 Å². The highest BCUT2D eigenvalue weighted by molar-refractivity contribution is 6.00. The van der Waals surface area contributed by atoms with Gasteiger partial charge in [-0.3, -0.25) is 5.01 Å². The summed E-state index contributed by atoms with van der Waals surface area (Å²) in [6, 6.07) is 9.70. The highest BCUT2D eigenvalue weighted by Gasteiger charge is 2.40. The number of hydrogen-bond donors (Lipinski definition) is 1. The largest absolute Gasteiger partial charge is 0.335 e. The molecule has 0 bridgehead atoms. The molecule has 0 atom stereocenters. The number of rotatable bonds is 4. The minimum atomic E-state index is -3.37. The summed E-state index contributed by atoms with van der Waals surface area (Å²) >= 11 is 0. The summed E-state index contributed by atoms with van der Waals surface area (Å²) in [5.41, 5.74) is 2.01. The number of hydrazone groups is 1. The molecule has 0 fully saturated rings. The first-order chi connectivity index (χ1) is 12.5. The summed E-state index contributed by atoms with van der Waals surface area (Å²) in [4.78, 5) is 0. The molecule has 0 unspecified atom stereocenters. The van der Waals surface area contributed by atoms with Gasteiger partial charge in [0.15, 0.2) is 0 Å². The molecule has 2 heterocycles. The number of tetrazole rings is 1. The van der Waals surface area contributed by atoms with Gasteiger partial charge in [0.2, 0.25) is 5.82 Å². The number of allylic oxidation sites excluding steroid dienone is 4. The molecule has 8 heteroatoms. The van der Waals surface area contributed by atoms with E-state index in [4.69, 9.17) is 0 Å². The van der Waals surface area contributed by atoms with E-state index in [0.717, 1.165) is 5.56 Å². The lowest BCUT2D eigenvalue weighted by atomic mass is 10.1. The van der Waals surface area contributed by atoms with Crippen molar-refractivity contribution in [2.75, 3.05) is 6.54 Å². The highest BCUT2D eigenvalue weighted by atomic mass is 19.3. The summed E-state index contributed by atoms with van der Waals surface area (Å²) in [6.07, 6.45) is 4.26. The van der Waals surface area contributed by atoms with Crippen LogP contribution in [0.1, 0.15) is 18.3 Å². The van der Waals surface area contributed by atoms with Crippen LogP contribution in [0.25, 0.3) is 0 Å². The number of alkyl halides is 2. The Balaban J connectivity index is 1.92. The Morgan fingerprint density at radius 1 is 1.23 bits per heavy atom. The third kappa shape index (κ3) is 3.90. The van der Waals surface area contributed by atoms with Gasteiger partial charge < -0.3 is 0 Å². The average molecular weight is 356 g/mol. The maximum atomic E-state index is 14.7. The van der Waals surface area contributed by atoms with E-state index in [1.165, 1.54) is 18.2 Å². The van der Waals surface area contributed by atoms with Crippen LogP contribution in [0.2, 0.25) is 0 Å². The van der Waals surface area contributed by atoms with Crippen molar-refractivity contribution in [3.05, 3.63) is 77.7 Å². The van der Waals surface area contributed by atoms with Crippen molar-refractivity contribution in [1.82, 2.24) is 25.6 Å². The second-order valence-corrected chi connectivity index (χ2v) is 5.85. The van der Waals surface area contributed by atoms with E-state index in [9.17, 15) is 8.78 Å². The van der Waals surface area contributed by atoms with E-state index in [2.05, 4.69) is 32.3 Å². The molecule has 2 aromatic rings. The lowest BCUT2D eigenvalue weighted by Crippen LogP contribution is -2.22. The predicted molar refractivity (Wildman–Crippen MR) is 94.4 cm³/mol. The number of halogens is 2. The number of aromatic amines is 1. The van der Waals surface area contributed by atoms with E-state index in [1.54, 1.807) is 11.9 Å². The van der Waals surface area contributed by atoms with Gasteiger partial charge in [0.05, 0.1) is 18.8 Å². The molecular weight excluding hydrogens is 338 g/mol. The zero-order valence-electron chi connectivity index (χ0n) is 14.2. The Morgan fingerprint density at radius 3 is 2.69 bits per heavy atom. The van der Waals surface area contributed by atoms with E-state index in [0.29, 0.717) is 17.8 Å². The third-order valence-electron chi connectivity index (χ3n) is 3.94. The summed E-state index contributed by atoms with van der Waals surface area (Å²) in [5.74, 6) is -4.05. The number of benzene rings is 1. The zero-order chi connectivity index (χ0) is 18.6. The van der Waals surface area contributed by atoms with Crippen LogP contribution in [0.3, 0.4) is 0 Å². The Bertz CT molecular complexity index is 853. The lowest BCUT2D eigenvalue weighted by molar-refractivity contribution is 0.0314. The number of H-pyrrole nitrogens is 1. The molecule has 1 aromatic heterocycles. The van der Waals surface area contributed by atoms with Crippen LogP contribution in [0.15, 0.2) is 71.4 Å². The monoisotopic (exact) mass is 356 g/mol. The van der Waals surface area contributed by atoms with Gasteiger partial charge in [0.25, 0.3) is 0 Å². The van der Waals surface area contributed by atoms with Crippen molar-refractivity contribution in [3.63, 3.8) is 0 Å². The van der Waals surface area contributed by atoms with Crippen molar-refractivity contribution in [2.24, 2.45) is 5.10 Å². The number of aromatic nitrogens is 4. The van der Waals surface area contributed by atoms with E-state index in [-0.39, 0.29) is 12.1 Å². The van der Waals surface area contributed by atoms with Crippen molar-refractivity contribution in [2.45, 2.75) is 19.4 Å². The lowest BCUT2D eigenvalue weighted by Gasteiger charge is -2.20. The van der Waals surface area contributed by atoms with Crippen LogP contribution in [-0.4, -0.2) is 37.9 Å². The van der Waals surface area contributed by atoms with Gasteiger partial charge in [-0.25, -0.2) is 0 Å². The molecule has 0 aliphatic carbocycles. The number of nitrogens with zero attached hydrogens (tertiary/aromatic N) is 5. The SMILES string of the molecule is C=C1/C=C\C(C(F)(F)c2nn[nH]n2)=C/CN(Cc2ccccc2)N=C1C. The molecule has 134 valence electrons. The molecule has 1 N–H and O–H groups in total. The summed E-state index contributed by atoms with van der Waals surface area (Å²) < 4.78 is 29.4. The molecule has 1 aliphatic heterocycles. The van der Waals surface area contributed by atoms with Crippen LogP contribution in [0.5, 0.6) is 0 Å². The van der Waals surface area contributed by atoms with Crippen LogP contribution < -0.4 is 0 Å². The smallest absolute Gasteiger partial charge is 0.289 e. The molecular formula is C18H18F2N6. The molecule has 0 spiro atoms. The third-order valence-corrected chi connectivity index (χ3v) is 3.94. The van der Waals surface area contributed by atoms with Gasteiger partial charge in [-0.05, 0) is 23.3 Å². The van der Waals surface area contributed by atoms with Crippen LogP contribution in [-0.2, 0) is 12.5 Å². The van der Waals surface area contributed by atoms with Crippen molar-refractivity contribution in [1.29, 1.82) is 0 Å². The molecule has 0 amide bonds. The molecule has 1 aliphatic rings. The summed E-state index contributed by atoms with van der Waals surface area (Å²) in [6.45, 7) is 6.38.